The van der Waals surface area contributed by atoms with Crippen LogP contribution in [0.5, 0.6) is 5.75 Å². The van der Waals surface area contributed by atoms with Crippen LogP contribution in [0.4, 0.5) is 0 Å². The molecule has 20 heavy (non-hydrogen) atoms. The van der Waals surface area contributed by atoms with Crippen LogP contribution >= 0.6 is 22.6 Å². The number of hydrogen-bond donors (Lipinski definition) is 0. The average Bonchev–Trinajstić information content (AvgIpc) is 3.10. The highest BCUT2D eigenvalue weighted by molar-refractivity contribution is 14.1. The first-order valence-electron chi connectivity index (χ1n) is 7.10. The van der Waals surface area contributed by atoms with Crippen molar-refractivity contribution in [3.8, 4) is 5.75 Å². The molecule has 0 bridgehead atoms. The molecule has 1 aromatic carbocycles. The predicted octanol–water partition coefficient (Wildman–Crippen LogP) is 3.13. The van der Waals surface area contributed by atoms with Gasteiger partial charge in [0.25, 0.3) is 0 Å². The second-order valence-corrected chi connectivity index (χ2v) is 7.76. The Kier molecular flexibility index (Phi) is 3.58. The highest BCUT2D eigenvalue weighted by Crippen LogP contribution is 2.37. The monoisotopic (exact) mass is 386 g/mol. The minimum atomic E-state index is -0.302. The van der Waals surface area contributed by atoms with Crippen LogP contribution in [-0.4, -0.2) is 24.4 Å². The lowest BCUT2D eigenvalue weighted by Gasteiger charge is -2.32. The van der Waals surface area contributed by atoms with E-state index in [-0.39, 0.29) is 18.3 Å². The average molecular weight is 386 g/mol. The molecular formula is C15H20BIO3. The van der Waals surface area contributed by atoms with Crippen LogP contribution in [0.25, 0.3) is 0 Å². The van der Waals surface area contributed by atoms with Crippen molar-refractivity contribution in [3.63, 3.8) is 0 Å². The summed E-state index contributed by atoms with van der Waals surface area (Å²) >= 11 is 2.32. The van der Waals surface area contributed by atoms with E-state index in [2.05, 4.69) is 56.4 Å². The molecule has 0 spiro atoms. The lowest BCUT2D eigenvalue weighted by Crippen LogP contribution is -2.41. The Bertz CT molecular complexity index is 510. The van der Waals surface area contributed by atoms with Gasteiger partial charge in [-0.1, -0.05) is 6.07 Å². The largest absolute Gasteiger partial charge is 0.494 e. The third kappa shape index (κ3) is 2.72. The fraction of sp³-hybridized carbons (Fsp3) is 0.600. The van der Waals surface area contributed by atoms with E-state index in [9.17, 15) is 0 Å². The summed E-state index contributed by atoms with van der Waals surface area (Å²) in [4.78, 5) is 0. The van der Waals surface area contributed by atoms with Crippen molar-refractivity contribution in [2.75, 3.05) is 0 Å². The molecule has 1 aliphatic heterocycles. The maximum Gasteiger partial charge on any atom is 0.494 e. The zero-order chi connectivity index (χ0) is 14.5. The summed E-state index contributed by atoms with van der Waals surface area (Å²) in [5.41, 5.74) is 0.453. The molecule has 1 aliphatic carbocycles. The molecule has 1 aromatic rings. The highest BCUT2D eigenvalue weighted by Gasteiger charge is 2.51. The fourth-order valence-corrected chi connectivity index (χ4v) is 2.77. The lowest BCUT2D eigenvalue weighted by atomic mass is 9.79. The molecule has 108 valence electrons. The minimum absolute atomic E-state index is 0.299. The van der Waals surface area contributed by atoms with Gasteiger partial charge in [0.2, 0.25) is 0 Å². The van der Waals surface area contributed by atoms with Crippen LogP contribution in [0.2, 0.25) is 0 Å². The van der Waals surface area contributed by atoms with E-state index in [1.165, 1.54) is 12.8 Å². The Morgan fingerprint density at radius 2 is 1.75 bits per heavy atom. The van der Waals surface area contributed by atoms with Crippen molar-refractivity contribution >= 4 is 35.2 Å². The van der Waals surface area contributed by atoms with Crippen LogP contribution in [0.1, 0.15) is 40.5 Å². The Hall–Kier alpha value is -0.265. The van der Waals surface area contributed by atoms with Gasteiger partial charge in [-0.25, -0.2) is 0 Å². The zero-order valence-corrected chi connectivity index (χ0v) is 14.6. The molecule has 0 radical (unpaired) electrons. The normalized spacial score (nSPS) is 23.9. The smallest absolute Gasteiger partial charge is 0.489 e. The van der Waals surface area contributed by atoms with Gasteiger partial charge in [0, 0.05) is 0 Å². The first-order valence-corrected chi connectivity index (χ1v) is 8.18. The third-order valence-corrected chi connectivity index (χ3v) is 5.14. The van der Waals surface area contributed by atoms with Gasteiger partial charge in [-0.3, -0.25) is 0 Å². The Morgan fingerprint density at radius 1 is 1.15 bits per heavy atom. The quantitative estimate of drug-likeness (QED) is 0.591. The van der Waals surface area contributed by atoms with E-state index in [0.717, 1.165) is 14.8 Å². The number of halogens is 1. The van der Waals surface area contributed by atoms with E-state index in [1.807, 2.05) is 12.1 Å². The maximum atomic E-state index is 6.07. The summed E-state index contributed by atoms with van der Waals surface area (Å²) in [6.45, 7) is 8.29. The van der Waals surface area contributed by atoms with Gasteiger partial charge in [-0.15, -0.1) is 0 Å². The zero-order valence-electron chi connectivity index (χ0n) is 12.4. The van der Waals surface area contributed by atoms with Crippen molar-refractivity contribution in [1.29, 1.82) is 0 Å². The van der Waals surface area contributed by atoms with Gasteiger partial charge < -0.3 is 14.0 Å². The second-order valence-electron chi connectivity index (χ2n) is 6.60. The van der Waals surface area contributed by atoms with E-state index in [1.54, 1.807) is 0 Å². The van der Waals surface area contributed by atoms with Crippen molar-refractivity contribution in [2.45, 2.75) is 57.8 Å². The molecule has 2 fully saturated rings. The maximum absolute atomic E-state index is 6.07. The van der Waals surface area contributed by atoms with E-state index < -0.39 is 0 Å². The first kappa shape index (κ1) is 14.7. The van der Waals surface area contributed by atoms with Crippen molar-refractivity contribution < 1.29 is 14.0 Å². The van der Waals surface area contributed by atoms with Crippen molar-refractivity contribution in [2.24, 2.45) is 0 Å². The number of benzene rings is 1. The standard InChI is InChI=1S/C15H20BIO3/c1-14(2)15(3,4)20-16(19-14)10-5-8-13(12(17)9-10)18-11-6-7-11/h5,8-9,11H,6-7H2,1-4H3. The van der Waals surface area contributed by atoms with Crippen LogP contribution in [0, 0.1) is 3.57 Å². The van der Waals surface area contributed by atoms with Crippen LogP contribution in [0.15, 0.2) is 18.2 Å². The van der Waals surface area contributed by atoms with E-state index in [0.29, 0.717) is 6.10 Å². The molecule has 1 heterocycles. The summed E-state index contributed by atoms with van der Waals surface area (Å²) in [6, 6.07) is 6.17. The number of hydrogen-bond acceptors (Lipinski definition) is 3. The topological polar surface area (TPSA) is 27.7 Å². The molecule has 0 unspecified atom stereocenters. The molecule has 5 heteroatoms. The highest BCUT2D eigenvalue weighted by atomic mass is 127. The molecular weight excluding hydrogens is 366 g/mol. The Balaban J connectivity index is 1.79. The van der Waals surface area contributed by atoms with Gasteiger partial charge in [0.05, 0.1) is 20.9 Å². The third-order valence-electron chi connectivity index (χ3n) is 4.30. The van der Waals surface area contributed by atoms with E-state index in [4.69, 9.17) is 14.0 Å². The number of rotatable bonds is 3. The summed E-state index contributed by atoms with van der Waals surface area (Å²) in [6.07, 6.45) is 2.77. The van der Waals surface area contributed by atoms with Gasteiger partial charge in [-0.05, 0) is 80.7 Å². The summed E-state index contributed by atoms with van der Waals surface area (Å²) < 4.78 is 19.1. The van der Waals surface area contributed by atoms with Crippen LogP contribution in [-0.2, 0) is 9.31 Å². The summed E-state index contributed by atoms with van der Waals surface area (Å²) in [7, 11) is -0.302. The lowest BCUT2D eigenvalue weighted by molar-refractivity contribution is 0.00578. The summed E-state index contributed by atoms with van der Waals surface area (Å²) in [5.74, 6) is 0.966. The van der Waals surface area contributed by atoms with E-state index >= 15 is 0 Å². The summed E-state index contributed by atoms with van der Waals surface area (Å²) in [5, 5.41) is 0. The first-order chi connectivity index (χ1) is 9.28. The van der Waals surface area contributed by atoms with Crippen LogP contribution in [0.3, 0.4) is 0 Å². The fourth-order valence-electron chi connectivity index (χ4n) is 2.10. The van der Waals surface area contributed by atoms with Crippen molar-refractivity contribution in [3.05, 3.63) is 21.8 Å². The van der Waals surface area contributed by atoms with Gasteiger partial charge >= 0.3 is 7.12 Å². The second kappa shape index (κ2) is 4.88. The molecule has 3 rings (SSSR count). The predicted molar refractivity (Wildman–Crippen MR) is 88.5 cm³/mol. The molecule has 0 atom stereocenters. The molecule has 0 amide bonds. The molecule has 0 N–H and O–H groups in total. The Morgan fingerprint density at radius 3 is 2.25 bits per heavy atom. The molecule has 1 saturated carbocycles. The SMILES string of the molecule is CC1(C)OB(c2ccc(OC3CC3)c(I)c2)OC1(C)C. The van der Waals surface area contributed by atoms with Crippen molar-refractivity contribution in [1.82, 2.24) is 0 Å². The van der Waals surface area contributed by atoms with Gasteiger partial charge in [-0.2, -0.15) is 0 Å². The minimum Gasteiger partial charge on any atom is -0.489 e. The number of ether oxygens (including phenoxy) is 1. The molecule has 3 nitrogen and oxygen atoms in total. The van der Waals surface area contributed by atoms with Gasteiger partial charge in [0.1, 0.15) is 5.75 Å². The molecule has 0 aromatic heterocycles. The molecule has 1 saturated heterocycles. The molecule has 2 aliphatic rings. The van der Waals surface area contributed by atoms with Crippen LogP contribution < -0.4 is 10.2 Å². The Labute approximate surface area is 134 Å². The van der Waals surface area contributed by atoms with Gasteiger partial charge in [0.15, 0.2) is 0 Å².